The first-order valence-electron chi connectivity index (χ1n) is 19.7. The zero-order chi connectivity index (χ0) is 48.8. The van der Waals surface area contributed by atoms with Gasteiger partial charge in [0.1, 0.15) is 0 Å². The summed E-state index contributed by atoms with van der Waals surface area (Å²) in [5.74, 6) is 0. The molecule has 8 bridgehead atoms. The first-order chi connectivity index (χ1) is 31.9. The fourth-order valence-corrected chi connectivity index (χ4v) is 11.1. The molecule has 0 spiro atoms. The summed E-state index contributed by atoms with van der Waals surface area (Å²) < 4.78 is 51.0. The average Bonchev–Trinajstić information content (AvgIpc) is 4.05. The van der Waals surface area contributed by atoms with E-state index in [1.807, 2.05) is 0 Å². The van der Waals surface area contributed by atoms with Gasteiger partial charge in [-0.2, -0.15) is 0 Å². The van der Waals surface area contributed by atoms with Crippen LogP contribution in [0.4, 0.5) is 22.7 Å². The van der Waals surface area contributed by atoms with Crippen molar-refractivity contribution in [3.63, 3.8) is 0 Å². The molecule has 2 aliphatic heterocycles. The van der Waals surface area contributed by atoms with Gasteiger partial charge in [0.05, 0.1) is 28.3 Å². The van der Waals surface area contributed by atoms with Gasteiger partial charge in [0, 0.05) is 105 Å². The molecule has 0 aliphatic carbocycles. The molecular formula is C44H30N8O12P4Zr2. The van der Waals surface area contributed by atoms with Crippen LogP contribution in [0, 0.1) is 0 Å². The van der Waals surface area contributed by atoms with E-state index in [1.165, 1.54) is 60.7 Å². The predicted octanol–water partition coefficient (Wildman–Crippen LogP) is -0.445. The Morgan fingerprint density at radius 3 is 1.27 bits per heavy atom. The molecule has 7 aromatic rings. The maximum Gasteiger partial charge on any atom is 4.00 e. The fourth-order valence-electron chi connectivity index (χ4n) is 8.33. The van der Waals surface area contributed by atoms with Crippen molar-refractivity contribution in [1.29, 1.82) is 0 Å². The first kappa shape index (κ1) is 52.9. The van der Waals surface area contributed by atoms with Gasteiger partial charge >= 0.3 is 52.4 Å². The van der Waals surface area contributed by atoms with E-state index in [0.29, 0.717) is 16.7 Å². The monoisotopic (exact) mass is 1170 g/mol. The Morgan fingerprint density at radius 1 is 0.429 bits per heavy atom. The second-order valence-corrected chi connectivity index (χ2v) is 21.4. The molecule has 9 rings (SSSR count). The second-order valence-electron chi connectivity index (χ2n) is 15.5. The zero-order valence-electron chi connectivity index (χ0n) is 35.4. The average molecular weight is 1170 g/mol. The summed E-state index contributed by atoms with van der Waals surface area (Å²) in [7, 11) is -22.6. The molecule has 10 N–H and O–H groups in total. The Kier molecular flexibility index (Phi) is 14.5. The number of para-hydroxylation sites is 4. The Balaban J connectivity index is 0.00000361. The summed E-state index contributed by atoms with van der Waals surface area (Å²) >= 11 is 0. The summed E-state index contributed by atoms with van der Waals surface area (Å²) in [4.78, 5) is 118. The quantitative estimate of drug-likeness (QED) is 0.0829. The number of anilines is 4. The molecule has 0 fully saturated rings. The molecule has 0 saturated carbocycles. The summed E-state index contributed by atoms with van der Waals surface area (Å²) in [6.07, 6.45) is 4.75. The van der Waals surface area contributed by atoms with Crippen LogP contribution in [-0.4, -0.2) is 19.9 Å². The second kappa shape index (κ2) is 19.2. The van der Waals surface area contributed by atoms with E-state index in [4.69, 9.17) is 32.9 Å². The molecule has 0 atom stereocenters. The first-order valence-corrected chi connectivity index (χ1v) is 25.9. The SMILES string of the molecule is Nc1c(C2=Cc3cc4ccc(cc5nc(cc6[nH]c(c(-c7cccc(P(=O)([O-])[O-])c7N)c2n3)c(-c2cccc(P(=O)([O-])[O-])c2N)c6-c2cccc(P(=O)([O-])[O-])c2N)C=C5)[nH]4)cccc1P(=O)([O-])[O-].[Zr+4].[Zr+4]. The molecule has 20 nitrogen and oxygen atoms in total. The topological polar surface area (TPSA) is 414 Å². The molecule has 5 heterocycles. The van der Waals surface area contributed by atoms with E-state index < -0.39 is 74.4 Å². The van der Waals surface area contributed by atoms with E-state index in [9.17, 15) is 57.4 Å². The standard InChI is InChI=1S/C44H38N8O12P4.2Zr/c45-39-26(5-1-9-32(39)65(53,54)55)30-19-25-18-23-14-13-21(49-23)17-22-15-16-24(50-22)20-31-36(27-6-2-10-33(40(27)46)66(56,57)58)37(28-7-3-11-34(41(28)47)67(59,60)61)44(52-31)38(43(30)51-25)29-8-4-12-35(42(29)48)68(62,63)64;;/h1-20,49,52H,45-48H2,(H2,53,54,55)(H2,56,57,58)(H2,59,60,61)(H2,62,63,64);;/q;2*+4/p-8. The number of hydrogen-bond donors (Lipinski definition) is 6. The number of aromatic nitrogens is 4. The van der Waals surface area contributed by atoms with Crippen LogP contribution in [0.1, 0.15) is 28.3 Å². The third-order valence-electron chi connectivity index (χ3n) is 11.2. The normalized spacial score (nSPS) is 12.8. The Labute approximate surface area is 434 Å². The van der Waals surface area contributed by atoms with Crippen molar-refractivity contribution in [3.05, 3.63) is 131 Å². The number of aromatic amines is 2. The number of benzene rings is 4. The number of hydrogen-bond acceptors (Lipinski definition) is 18. The van der Waals surface area contributed by atoms with Crippen LogP contribution in [0.2, 0.25) is 0 Å². The molecule has 346 valence electrons. The Morgan fingerprint density at radius 2 is 0.814 bits per heavy atom. The van der Waals surface area contributed by atoms with Crippen LogP contribution in [-0.2, 0) is 70.7 Å². The smallest absolute Gasteiger partial charge is 0.807 e. The molecule has 26 heteroatoms. The van der Waals surface area contributed by atoms with Gasteiger partial charge in [-0.3, -0.25) is 0 Å². The molecule has 4 aromatic carbocycles. The van der Waals surface area contributed by atoms with Crippen LogP contribution in [0.3, 0.4) is 0 Å². The number of H-pyrrole nitrogens is 2. The molecule has 70 heavy (non-hydrogen) atoms. The van der Waals surface area contributed by atoms with Crippen molar-refractivity contribution in [2.45, 2.75) is 0 Å². The fraction of sp³-hybridized carbons (Fsp3) is 0. The Bertz CT molecular complexity index is 3780. The molecule has 3 aromatic heterocycles. The van der Waals surface area contributed by atoms with Gasteiger partial charge < -0.3 is 90.3 Å². The molecule has 0 saturated heterocycles. The molecule has 0 amide bonds. The van der Waals surface area contributed by atoms with Crippen molar-refractivity contribution < 1.29 is 110 Å². The predicted molar refractivity (Wildman–Crippen MR) is 246 cm³/mol. The van der Waals surface area contributed by atoms with E-state index >= 15 is 0 Å². The molecule has 0 unspecified atom stereocenters. The maximum absolute atomic E-state index is 12.9. The van der Waals surface area contributed by atoms with Gasteiger partial charge in [0.25, 0.3) is 0 Å². The minimum atomic E-state index is -5.70. The van der Waals surface area contributed by atoms with E-state index in [-0.39, 0.29) is 125 Å². The minimum Gasteiger partial charge on any atom is -0.807 e. The summed E-state index contributed by atoms with van der Waals surface area (Å²) in [5.41, 5.74) is 24.2. The number of rotatable bonds is 8. The third kappa shape index (κ3) is 9.84. The maximum atomic E-state index is 12.9. The van der Waals surface area contributed by atoms with Crippen LogP contribution in [0.15, 0.2) is 103 Å². The van der Waals surface area contributed by atoms with Crippen LogP contribution in [0.5, 0.6) is 0 Å². The number of nitrogens with zero attached hydrogens (tertiary/aromatic N) is 2. The number of nitrogen functional groups attached to an aromatic ring is 4. The van der Waals surface area contributed by atoms with Gasteiger partial charge in [-0.15, -0.1) is 0 Å². The number of fused-ring (bicyclic) bond motifs is 8. The van der Waals surface area contributed by atoms with Gasteiger partial charge in [-0.25, -0.2) is 9.97 Å². The van der Waals surface area contributed by atoms with Crippen molar-refractivity contribution in [1.82, 2.24) is 19.9 Å². The van der Waals surface area contributed by atoms with Crippen molar-refractivity contribution in [3.8, 4) is 33.4 Å². The number of nitrogens with two attached hydrogens (primary N) is 4. The third-order valence-corrected chi connectivity index (χ3v) is 15.1. The summed E-state index contributed by atoms with van der Waals surface area (Å²) in [6, 6.07) is 22.2. The van der Waals surface area contributed by atoms with Crippen LogP contribution < -0.4 is 83.3 Å². The summed E-state index contributed by atoms with van der Waals surface area (Å²) in [5, 5.41) is -3.37. The zero-order valence-corrected chi connectivity index (χ0v) is 43.9. The van der Waals surface area contributed by atoms with Gasteiger partial charge in [0.2, 0.25) is 0 Å². The van der Waals surface area contributed by atoms with Crippen molar-refractivity contribution in [2.24, 2.45) is 0 Å². The van der Waals surface area contributed by atoms with Crippen molar-refractivity contribution in [2.75, 3.05) is 22.9 Å². The van der Waals surface area contributed by atoms with E-state index in [0.717, 1.165) is 24.3 Å². The van der Waals surface area contributed by atoms with Crippen molar-refractivity contribution >= 4 is 120 Å². The molecule has 2 aliphatic rings. The van der Waals surface area contributed by atoms with Gasteiger partial charge in [-0.05, 0) is 78.9 Å². The minimum absolute atomic E-state index is 0. The summed E-state index contributed by atoms with van der Waals surface area (Å²) in [6.45, 7) is 0. The van der Waals surface area contributed by atoms with E-state index in [1.54, 1.807) is 36.4 Å². The largest absolute Gasteiger partial charge is 4.00 e. The van der Waals surface area contributed by atoms with Crippen LogP contribution in [0.25, 0.3) is 79.2 Å². The van der Waals surface area contributed by atoms with Crippen LogP contribution >= 0.6 is 30.4 Å². The molecular weight excluding hydrogens is 1140 g/mol. The van der Waals surface area contributed by atoms with E-state index in [2.05, 4.69) is 9.97 Å². The molecule has 0 radical (unpaired) electrons. The Hall–Kier alpha value is -4.95. The van der Waals surface area contributed by atoms with Gasteiger partial charge in [-0.1, -0.05) is 72.8 Å². The van der Waals surface area contributed by atoms with Gasteiger partial charge in [0.15, 0.2) is 0 Å². The number of nitrogens with one attached hydrogen (secondary N) is 2.